The molecule has 2 N–H and O–H groups in total. The fourth-order valence-electron chi connectivity index (χ4n) is 3.60. The summed E-state index contributed by atoms with van der Waals surface area (Å²) in [5, 5.41) is 5.71. The maximum atomic E-state index is 12.3. The topological polar surface area (TPSA) is 95.5 Å². The number of carbonyl (C=O) groups is 1. The molecule has 2 amide bonds. The van der Waals surface area contributed by atoms with E-state index in [4.69, 9.17) is 9.72 Å². The molecule has 0 radical (unpaired) electrons. The van der Waals surface area contributed by atoms with Gasteiger partial charge >= 0.3 is 6.03 Å². The summed E-state index contributed by atoms with van der Waals surface area (Å²) in [6.45, 7) is 7.08. The summed E-state index contributed by atoms with van der Waals surface area (Å²) in [6, 6.07) is 7.55. The first-order valence-electron chi connectivity index (χ1n) is 10.7. The number of nitrogens with zero attached hydrogens (tertiary/aromatic N) is 5. The van der Waals surface area contributed by atoms with Gasteiger partial charge in [0.15, 0.2) is 5.82 Å². The molecule has 0 spiro atoms. The molecule has 0 bridgehead atoms. The number of rotatable bonds is 6. The van der Waals surface area contributed by atoms with Crippen LogP contribution < -0.4 is 20.4 Å². The number of carbonyl (C=O) groups excluding carboxylic acids is 1. The molecule has 0 atom stereocenters. The van der Waals surface area contributed by atoms with Crippen LogP contribution in [-0.2, 0) is 17.7 Å². The van der Waals surface area contributed by atoms with Crippen LogP contribution >= 0.6 is 0 Å². The van der Waals surface area contributed by atoms with Gasteiger partial charge in [0.2, 0.25) is 11.9 Å². The van der Waals surface area contributed by atoms with Gasteiger partial charge in [-0.25, -0.2) is 4.79 Å². The summed E-state index contributed by atoms with van der Waals surface area (Å²) in [5.41, 5.74) is 1.99. The van der Waals surface area contributed by atoms with Gasteiger partial charge in [-0.05, 0) is 37.0 Å². The predicted molar refractivity (Wildman–Crippen MR) is 116 cm³/mol. The lowest BCUT2D eigenvalue weighted by molar-refractivity contribution is 0.122. The van der Waals surface area contributed by atoms with Gasteiger partial charge < -0.3 is 25.2 Å². The first kappa shape index (κ1) is 20.3. The van der Waals surface area contributed by atoms with Crippen molar-refractivity contribution in [1.82, 2.24) is 20.3 Å². The summed E-state index contributed by atoms with van der Waals surface area (Å²) >= 11 is 0. The Morgan fingerprint density at radius 3 is 2.23 bits per heavy atom. The van der Waals surface area contributed by atoms with Gasteiger partial charge in [-0.15, -0.1) is 0 Å². The van der Waals surface area contributed by atoms with Gasteiger partial charge in [0, 0.05) is 31.9 Å². The van der Waals surface area contributed by atoms with Crippen molar-refractivity contribution in [3.8, 4) is 0 Å². The van der Waals surface area contributed by atoms with Crippen molar-refractivity contribution >= 4 is 23.6 Å². The van der Waals surface area contributed by atoms with E-state index in [0.717, 1.165) is 51.1 Å². The number of urea groups is 1. The van der Waals surface area contributed by atoms with Gasteiger partial charge in [0.25, 0.3) is 0 Å². The molecule has 0 aliphatic carbocycles. The number of hydrogen-bond donors (Lipinski definition) is 2. The van der Waals surface area contributed by atoms with Crippen LogP contribution in [-0.4, -0.2) is 60.4 Å². The first-order valence-corrected chi connectivity index (χ1v) is 10.7. The smallest absolute Gasteiger partial charge is 0.319 e. The van der Waals surface area contributed by atoms with E-state index in [9.17, 15) is 4.79 Å². The Balaban J connectivity index is 1.43. The van der Waals surface area contributed by atoms with Gasteiger partial charge in [-0.1, -0.05) is 19.1 Å². The van der Waals surface area contributed by atoms with Crippen molar-refractivity contribution in [2.75, 3.05) is 54.5 Å². The Bertz CT molecular complexity index is 847. The molecule has 0 unspecified atom stereocenters. The summed E-state index contributed by atoms with van der Waals surface area (Å²) in [5.74, 6) is 1.91. The summed E-state index contributed by atoms with van der Waals surface area (Å²) in [4.78, 5) is 30.6. The number of benzene rings is 1. The molecule has 3 heterocycles. The number of amides is 2. The highest BCUT2D eigenvalue weighted by atomic mass is 16.5. The quantitative estimate of drug-likeness (QED) is 0.752. The number of anilines is 3. The molecule has 2 saturated heterocycles. The SMILES string of the molecule is CCc1ccc(NC(=O)NCc2nc(N3CCCC3)nc(N3CCOCC3)n2)cc1. The van der Waals surface area contributed by atoms with Gasteiger partial charge in [-0.3, -0.25) is 0 Å². The van der Waals surface area contributed by atoms with E-state index in [1.54, 1.807) is 0 Å². The molecule has 0 saturated carbocycles. The second kappa shape index (κ2) is 9.71. The third kappa shape index (κ3) is 5.15. The van der Waals surface area contributed by atoms with E-state index in [1.807, 2.05) is 24.3 Å². The molecule has 2 fully saturated rings. The predicted octanol–water partition coefficient (Wildman–Crippen LogP) is 2.19. The van der Waals surface area contributed by atoms with Crippen molar-refractivity contribution in [2.24, 2.45) is 0 Å². The van der Waals surface area contributed by atoms with Crippen LogP contribution in [0.1, 0.15) is 31.2 Å². The zero-order chi connectivity index (χ0) is 20.8. The molecule has 160 valence electrons. The van der Waals surface area contributed by atoms with Crippen molar-refractivity contribution in [3.05, 3.63) is 35.7 Å². The maximum Gasteiger partial charge on any atom is 0.319 e. The third-order valence-corrected chi connectivity index (χ3v) is 5.37. The highest BCUT2D eigenvalue weighted by molar-refractivity contribution is 5.89. The van der Waals surface area contributed by atoms with Crippen LogP contribution in [0.2, 0.25) is 0 Å². The Morgan fingerprint density at radius 2 is 1.60 bits per heavy atom. The second-order valence-corrected chi connectivity index (χ2v) is 7.50. The third-order valence-electron chi connectivity index (χ3n) is 5.37. The minimum atomic E-state index is -0.282. The Labute approximate surface area is 176 Å². The van der Waals surface area contributed by atoms with E-state index >= 15 is 0 Å². The first-order chi connectivity index (χ1) is 14.7. The maximum absolute atomic E-state index is 12.3. The zero-order valence-electron chi connectivity index (χ0n) is 17.4. The average Bonchev–Trinajstić information content (AvgIpc) is 3.34. The van der Waals surface area contributed by atoms with E-state index in [2.05, 4.69) is 37.3 Å². The van der Waals surface area contributed by atoms with Crippen LogP contribution in [0.15, 0.2) is 24.3 Å². The van der Waals surface area contributed by atoms with E-state index < -0.39 is 0 Å². The van der Waals surface area contributed by atoms with Crippen molar-refractivity contribution in [2.45, 2.75) is 32.7 Å². The monoisotopic (exact) mass is 411 g/mol. The summed E-state index contributed by atoms with van der Waals surface area (Å²) in [6.07, 6.45) is 3.26. The van der Waals surface area contributed by atoms with Gasteiger partial charge in [-0.2, -0.15) is 15.0 Å². The molecular weight excluding hydrogens is 382 g/mol. The second-order valence-electron chi connectivity index (χ2n) is 7.50. The highest BCUT2D eigenvalue weighted by Crippen LogP contribution is 2.19. The fraction of sp³-hybridized carbons (Fsp3) is 0.524. The molecule has 30 heavy (non-hydrogen) atoms. The van der Waals surface area contributed by atoms with Crippen molar-refractivity contribution in [1.29, 1.82) is 0 Å². The van der Waals surface area contributed by atoms with E-state index in [0.29, 0.717) is 30.9 Å². The molecule has 4 rings (SSSR count). The van der Waals surface area contributed by atoms with Crippen LogP contribution in [0, 0.1) is 0 Å². The minimum absolute atomic E-state index is 0.236. The van der Waals surface area contributed by atoms with Gasteiger partial charge in [0.1, 0.15) is 0 Å². The lowest BCUT2D eigenvalue weighted by Gasteiger charge is -2.28. The fourth-order valence-corrected chi connectivity index (χ4v) is 3.60. The Hall–Kier alpha value is -2.94. The van der Waals surface area contributed by atoms with E-state index in [1.165, 1.54) is 5.56 Å². The number of nitrogens with one attached hydrogen (secondary N) is 2. The highest BCUT2D eigenvalue weighted by Gasteiger charge is 2.21. The number of hydrogen-bond acceptors (Lipinski definition) is 7. The number of ether oxygens (including phenoxy) is 1. The van der Waals surface area contributed by atoms with Crippen LogP contribution in [0.25, 0.3) is 0 Å². The van der Waals surface area contributed by atoms with Crippen LogP contribution in [0.5, 0.6) is 0 Å². The molecule has 1 aromatic carbocycles. The largest absolute Gasteiger partial charge is 0.378 e. The molecule has 2 aliphatic heterocycles. The molecule has 9 nitrogen and oxygen atoms in total. The zero-order valence-corrected chi connectivity index (χ0v) is 17.4. The van der Waals surface area contributed by atoms with Gasteiger partial charge in [0.05, 0.1) is 19.8 Å². The summed E-state index contributed by atoms with van der Waals surface area (Å²) in [7, 11) is 0. The number of morpholine rings is 1. The van der Waals surface area contributed by atoms with Crippen molar-refractivity contribution < 1.29 is 9.53 Å². The van der Waals surface area contributed by atoms with Crippen LogP contribution in [0.4, 0.5) is 22.4 Å². The number of aromatic nitrogens is 3. The molecule has 2 aliphatic rings. The number of aryl methyl sites for hydroxylation is 1. The van der Waals surface area contributed by atoms with E-state index in [-0.39, 0.29) is 12.6 Å². The van der Waals surface area contributed by atoms with Crippen LogP contribution in [0.3, 0.4) is 0 Å². The molecule has 2 aromatic rings. The Kier molecular flexibility index (Phi) is 6.58. The average molecular weight is 412 g/mol. The molecule has 9 heteroatoms. The Morgan fingerprint density at radius 1 is 0.967 bits per heavy atom. The molecule has 1 aromatic heterocycles. The normalized spacial score (nSPS) is 16.6. The minimum Gasteiger partial charge on any atom is -0.378 e. The lowest BCUT2D eigenvalue weighted by atomic mass is 10.1. The standard InChI is InChI=1S/C21H29N7O2/c1-2-16-5-7-17(8-6-16)23-21(29)22-15-18-24-19(27-9-3-4-10-27)26-20(25-18)28-11-13-30-14-12-28/h5-8H,2-4,9-15H2,1H3,(H2,22,23,29). The molecular formula is C21H29N7O2. The lowest BCUT2D eigenvalue weighted by Crippen LogP contribution is -2.38. The van der Waals surface area contributed by atoms with Crippen molar-refractivity contribution in [3.63, 3.8) is 0 Å². The summed E-state index contributed by atoms with van der Waals surface area (Å²) < 4.78 is 5.44.